The second kappa shape index (κ2) is 49.8. The number of hydrogen-bond donors (Lipinski definition) is 0. The molecule has 2 aromatic heterocycles. The standard InChI is InChI=1S/C92H120N2O4/c1-5-9-13-17-21-25-29-33-37-41-67-95-87-65-61-81(73-89(87)97-69-43-39-35-31-27-23-19-15-11-7-3)57-53-77-45-49-79(50-46-77)55-59-83-71-85-63-64-86-72-84(76-94-92(86)91(85)93-75-83)60-56-80-51-47-78(48-52-80)54-58-82-62-66-88(96-68-42-38-34-30-26-22-18-14-10-6-2)90(74-82)98-70-44-40-36-32-28-24-20-16-12-8-4/h45-52,61-66,71-76H,5-44,67-70H2,1-4H3. The van der Waals surface area contributed by atoms with Gasteiger partial charge in [-0.25, -0.2) is 0 Å². The van der Waals surface area contributed by atoms with Crippen molar-refractivity contribution < 1.29 is 18.9 Å². The van der Waals surface area contributed by atoms with Gasteiger partial charge in [-0.15, -0.1) is 0 Å². The number of fused-ring (bicyclic) bond motifs is 3. The average molecular weight is 1320 g/mol. The summed E-state index contributed by atoms with van der Waals surface area (Å²) < 4.78 is 25.6. The smallest absolute Gasteiger partial charge is 0.162 e. The quantitative estimate of drug-likeness (QED) is 0.0215. The molecule has 0 saturated heterocycles. The molecule has 6 heteroatoms. The normalized spacial score (nSPS) is 10.9. The second-order valence-electron chi connectivity index (χ2n) is 27.3. The van der Waals surface area contributed by atoms with Crippen LogP contribution >= 0.6 is 0 Å². The molecule has 0 radical (unpaired) electrons. The van der Waals surface area contributed by atoms with E-state index < -0.39 is 0 Å². The van der Waals surface area contributed by atoms with Gasteiger partial charge in [0, 0.05) is 67.7 Å². The fourth-order valence-corrected chi connectivity index (χ4v) is 12.5. The molecule has 0 amide bonds. The largest absolute Gasteiger partial charge is 0.490 e. The Balaban J connectivity index is 0.897. The zero-order valence-electron chi connectivity index (χ0n) is 61.2. The molecule has 0 spiro atoms. The minimum absolute atomic E-state index is 0.687. The highest BCUT2D eigenvalue weighted by molar-refractivity contribution is 6.03. The number of benzene rings is 5. The molecule has 7 rings (SSSR count). The molecule has 5 aromatic carbocycles. The van der Waals surface area contributed by atoms with Gasteiger partial charge in [-0.1, -0.05) is 318 Å². The third-order valence-electron chi connectivity index (χ3n) is 18.6. The van der Waals surface area contributed by atoms with Gasteiger partial charge >= 0.3 is 0 Å². The van der Waals surface area contributed by atoms with Gasteiger partial charge in [0.05, 0.1) is 37.5 Å². The number of aromatic nitrogens is 2. The van der Waals surface area contributed by atoms with Gasteiger partial charge in [0.1, 0.15) is 0 Å². The van der Waals surface area contributed by atoms with E-state index in [2.05, 4.69) is 124 Å². The Morgan fingerprint density at radius 2 is 0.429 bits per heavy atom. The fraction of sp³-hybridized carbons (Fsp3) is 0.522. The number of unbranched alkanes of at least 4 members (excludes halogenated alkanes) is 36. The highest BCUT2D eigenvalue weighted by Gasteiger charge is 2.11. The van der Waals surface area contributed by atoms with E-state index in [0.29, 0.717) is 26.4 Å². The Morgan fingerprint density at radius 3 is 0.694 bits per heavy atom. The number of rotatable bonds is 48. The van der Waals surface area contributed by atoms with Crippen molar-refractivity contribution in [1.29, 1.82) is 0 Å². The molecule has 0 saturated carbocycles. The minimum atomic E-state index is 0.687. The Kier molecular flexibility index (Phi) is 39.5. The lowest BCUT2D eigenvalue weighted by atomic mass is 10.1. The Labute approximate surface area is 594 Å². The van der Waals surface area contributed by atoms with Crippen molar-refractivity contribution in [2.75, 3.05) is 26.4 Å². The summed E-state index contributed by atoms with van der Waals surface area (Å²) in [6.45, 7) is 11.9. The van der Waals surface area contributed by atoms with E-state index >= 15 is 0 Å². The molecule has 2 heterocycles. The van der Waals surface area contributed by atoms with Gasteiger partial charge in [-0.05, 0) is 123 Å². The maximum atomic E-state index is 6.42. The molecule has 98 heavy (non-hydrogen) atoms. The molecule has 0 bridgehead atoms. The summed E-state index contributed by atoms with van der Waals surface area (Å²) in [5.74, 6) is 30.1. The predicted molar refractivity (Wildman–Crippen MR) is 416 cm³/mol. The third kappa shape index (κ3) is 31.9. The summed E-state index contributed by atoms with van der Waals surface area (Å²) >= 11 is 0. The molecule has 0 unspecified atom stereocenters. The summed E-state index contributed by atoms with van der Waals surface area (Å²) in [6, 6.07) is 36.9. The van der Waals surface area contributed by atoms with E-state index in [1.807, 2.05) is 73.1 Å². The van der Waals surface area contributed by atoms with Crippen LogP contribution in [0.15, 0.2) is 122 Å². The number of nitrogens with zero attached hydrogens (tertiary/aromatic N) is 2. The van der Waals surface area contributed by atoms with Gasteiger partial charge in [-0.3, -0.25) is 9.97 Å². The molecule has 0 fully saturated rings. The third-order valence-corrected chi connectivity index (χ3v) is 18.6. The SMILES string of the molecule is CCCCCCCCCCCCOc1ccc(C#Cc2ccc(C#Cc3cnc4c(ccc5cc(C#Cc6ccc(C#Cc7ccc(OCCCCCCCCCCCC)c(OCCCCCCCCCCCC)c7)cc6)cnc54)c3)cc2)cc1OCCCCCCCCCCCC. The molecule has 522 valence electrons. The monoisotopic (exact) mass is 1320 g/mol. The van der Waals surface area contributed by atoms with Crippen molar-refractivity contribution in [2.45, 2.75) is 285 Å². The Hall–Kier alpha value is -7.64. The first kappa shape index (κ1) is 77.7. The van der Waals surface area contributed by atoms with Crippen molar-refractivity contribution in [1.82, 2.24) is 9.97 Å². The summed E-state index contributed by atoms with van der Waals surface area (Å²) in [6.07, 6.45) is 55.7. The molecule has 7 aromatic rings. The Morgan fingerprint density at radius 1 is 0.214 bits per heavy atom. The molecule has 0 atom stereocenters. The summed E-state index contributed by atoms with van der Waals surface area (Å²) in [4.78, 5) is 9.72. The van der Waals surface area contributed by atoms with Crippen LogP contribution in [0, 0.1) is 47.4 Å². The number of hydrogen-bond acceptors (Lipinski definition) is 6. The van der Waals surface area contributed by atoms with Crippen LogP contribution in [0.1, 0.15) is 329 Å². The lowest BCUT2D eigenvalue weighted by molar-refractivity contribution is 0.258. The van der Waals surface area contributed by atoms with Gasteiger partial charge in [-0.2, -0.15) is 0 Å². The van der Waals surface area contributed by atoms with Gasteiger partial charge in [0.25, 0.3) is 0 Å². The van der Waals surface area contributed by atoms with Crippen LogP contribution in [0.5, 0.6) is 23.0 Å². The fourth-order valence-electron chi connectivity index (χ4n) is 12.5. The van der Waals surface area contributed by atoms with Crippen molar-refractivity contribution in [3.8, 4) is 70.4 Å². The molecular formula is C92H120N2O4. The second-order valence-corrected chi connectivity index (χ2v) is 27.3. The number of pyridine rings is 2. The van der Waals surface area contributed by atoms with Crippen LogP contribution in [0.4, 0.5) is 0 Å². The van der Waals surface area contributed by atoms with Gasteiger partial charge in [0.2, 0.25) is 0 Å². The lowest BCUT2D eigenvalue weighted by Gasteiger charge is -2.13. The van der Waals surface area contributed by atoms with Crippen molar-refractivity contribution >= 4 is 21.8 Å². The van der Waals surface area contributed by atoms with E-state index in [-0.39, 0.29) is 0 Å². The van der Waals surface area contributed by atoms with Crippen molar-refractivity contribution in [3.63, 3.8) is 0 Å². The van der Waals surface area contributed by atoms with E-state index in [4.69, 9.17) is 28.9 Å². The van der Waals surface area contributed by atoms with Crippen LogP contribution in [0.25, 0.3) is 21.8 Å². The van der Waals surface area contributed by atoms with Crippen LogP contribution in [-0.2, 0) is 0 Å². The summed E-state index contributed by atoms with van der Waals surface area (Å²) in [5, 5.41) is 1.97. The molecule has 0 aliphatic heterocycles. The molecule has 0 aliphatic carbocycles. The molecule has 6 nitrogen and oxygen atoms in total. The van der Waals surface area contributed by atoms with E-state index in [9.17, 15) is 0 Å². The first-order valence-corrected chi connectivity index (χ1v) is 39.3. The van der Waals surface area contributed by atoms with Crippen LogP contribution < -0.4 is 18.9 Å². The zero-order chi connectivity index (χ0) is 68.4. The number of ether oxygens (including phenoxy) is 4. The first-order chi connectivity index (χ1) is 48.5. The maximum absolute atomic E-state index is 6.42. The van der Waals surface area contributed by atoms with E-state index in [1.54, 1.807) is 0 Å². The minimum Gasteiger partial charge on any atom is -0.490 e. The molecule has 0 aliphatic rings. The van der Waals surface area contributed by atoms with Gasteiger partial charge in [0.15, 0.2) is 23.0 Å². The van der Waals surface area contributed by atoms with E-state index in [1.165, 1.54) is 231 Å². The van der Waals surface area contributed by atoms with Crippen LogP contribution in [-0.4, -0.2) is 36.4 Å². The lowest BCUT2D eigenvalue weighted by Crippen LogP contribution is -2.03. The van der Waals surface area contributed by atoms with Crippen molar-refractivity contribution in [3.05, 3.63) is 166 Å². The van der Waals surface area contributed by atoms with Crippen LogP contribution in [0.2, 0.25) is 0 Å². The Bertz CT molecular complexity index is 3360. The predicted octanol–water partition coefficient (Wildman–Crippen LogP) is 25.6. The highest BCUT2D eigenvalue weighted by Crippen LogP contribution is 2.32. The zero-order valence-corrected chi connectivity index (χ0v) is 61.2. The first-order valence-electron chi connectivity index (χ1n) is 39.3. The van der Waals surface area contributed by atoms with E-state index in [0.717, 1.165) is 115 Å². The summed E-state index contributed by atoms with van der Waals surface area (Å²) in [5.41, 5.74) is 8.83. The highest BCUT2D eigenvalue weighted by atomic mass is 16.5. The summed E-state index contributed by atoms with van der Waals surface area (Å²) in [7, 11) is 0. The molecule has 0 N–H and O–H groups in total. The average Bonchev–Trinajstić information content (AvgIpc) is 0.802. The van der Waals surface area contributed by atoms with Crippen molar-refractivity contribution in [2.24, 2.45) is 0 Å². The molecular weight excluding hydrogens is 1200 g/mol. The maximum Gasteiger partial charge on any atom is 0.162 e. The van der Waals surface area contributed by atoms with Crippen LogP contribution in [0.3, 0.4) is 0 Å². The van der Waals surface area contributed by atoms with Gasteiger partial charge < -0.3 is 18.9 Å². The topological polar surface area (TPSA) is 62.7 Å².